The molecule has 3 aromatic heterocycles. The Bertz CT molecular complexity index is 1850. The molecule has 1 fully saturated rings. The number of anilines is 1. The van der Waals surface area contributed by atoms with E-state index in [2.05, 4.69) is 10.0 Å². The average molecular weight is 720 g/mol. The van der Waals surface area contributed by atoms with Gasteiger partial charge in [-0.15, -0.1) is 11.3 Å². The van der Waals surface area contributed by atoms with E-state index in [9.17, 15) is 9.00 Å². The largest absolute Gasteiger partial charge is 0.444 e. The first-order valence-corrected chi connectivity index (χ1v) is 17.8. The number of benzene rings is 1. The zero-order valence-corrected chi connectivity index (χ0v) is 31.1. The molecule has 0 aliphatic carbocycles. The van der Waals surface area contributed by atoms with Gasteiger partial charge in [-0.25, -0.2) is 18.7 Å². The summed E-state index contributed by atoms with van der Waals surface area (Å²) in [7, 11) is -1.51. The van der Waals surface area contributed by atoms with Gasteiger partial charge in [0.25, 0.3) is 0 Å². The van der Waals surface area contributed by atoms with Crippen LogP contribution in [0.5, 0.6) is 0 Å². The summed E-state index contributed by atoms with van der Waals surface area (Å²) in [5, 5.41) is 4.43. The highest BCUT2D eigenvalue weighted by Crippen LogP contribution is 2.43. The van der Waals surface area contributed by atoms with Crippen LogP contribution in [0.15, 0.2) is 48.7 Å². The van der Waals surface area contributed by atoms with E-state index >= 15 is 0 Å². The second-order valence-corrected chi connectivity index (χ2v) is 18.0. The monoisotopic (exact) mass is 718 g/mol. The van der Waals surface area contributed by atoms with Gasteiger partial charge in [-0.1, -0.05) is 23.2 Å². The standard InChI is InChI=1S/C34H40Cl2N4O5S2/c1-31(2,3)44-30(41)39-26-11-10-23(36)27(38-26)28(40-47(42)32(4,5)6)25-15-19-14-21(35)17-22(29(19)46-25)24-16-20(12-13-37-24)34(9)18-43-33(7,8)45-34/h10-17,28,40H,18H2,1-9H3,(H,38,39,41). The molecule has 2 N–H and O–H groups in total. The van der Waals surface area contributed by atoms with E-state index in [-0.39, 0.29) is 5.82 Å². The third-order valence-electron chi connectivity index (χ3n) is 7.25. The number of nitrogens with zero attached hydrogens (tertiary/aromatic N) is 2. The lowest BCUT2D eigenvalue weighted by atomic mass is 9.96. The molecule has 1 aliphatic rings. The molecular weight excluding hydrogens is 679 g/mol. The van der Waals surface area contributed by atoms with E-state index in [0.29, 0.717) is 22.3 Å². The molecule has 0 radical (unpaired) electrons. The molecule has 5 rings (SSSR count). The Hall–Kier alpha value is -2.64. The van der Waals surface area contributed by atoms with Gasteiger partial charge in [-0.2, -0.15) is 0 Å². The number of carbonyl (C=O) groups is 1. The number of thiophene rings is 1. The van der Waals surface area contributed by atoms with Crippen LogP contribution in [0.25, 0.3) is 21.3 Å². The number of ether oxygens (including phenoxy) is 3. The van der Waals surface area contributed by atoms with Crippen molar-refractivity contribution in [2.75, 3.05) is 11.9 Å². The maximum Gasteiger partial charge on any atom is 0.413 e. The molecule has 3 atom stereocenters. The van der Waals surface area contributed by atoms with Crippen LogP contribution < -0.4 is 10.0 Å². The van der Waals surface area contributed by atoms with Crippen LogP contribution in [-0.4, -0.2) is 43.0 Å². The van der Waals surface area contributed by atoms with Crippen LogP contribution in [0.4, 0.5) is 10.6 Å². The first kappa shape index (κ1) is 35.7. The van der Waals surface area contributed by atoms with Gasteiger partial charge in [0.1, 0.15) is 17.0 Å². The predicted octanol–water partition coefficient (Wildman–Crippen LogP) is 9.15. The van der Waals surface area contributed by atoms with Crippen LogP contribution in [0.3, 0.4) is 0 Å². The van der Waals surface area contributed by atoms with Crippen molar-refractivity contribution < 1.29 is 23.2 Å². The van der Waals surface area contributed by atoms with Gasteiger partial charge < -0.3 is 14.2 Å². The smallest absolute Gasteiger partial charge is 0.413 e. The molecule has 1 amide bonds. The number of rotatable bonds is 7. The first-order chi connectivity index (χ1) is 21.7. The molecular formula is C34H40Cl2N4O5S2. The summed E-state index contributed by atoms with van der Waals surface area (Å²) in [5.41, 5.74) is 1.55. The number of halogens is 2. The van der Waals surface area contributed by atoms with Gasteiger partial charge in [0.15, 0.2) is 5.79 Å². The fourth-order valence-corrected chi connectivity index (χ4v) is 7.64. The fourth-order valence-electron chi connectivity index (χ4n) is 5.10. The summed E-state index contributed by atoms with van der Waals surface area (Å²) in [4.78, 5) is 22.8. The number of fused-ring (bicyclic) bond motifs is 1. The van der Waals surface area contributed by atoms with Crippen molar-refractivity contribution in [3.05, 3.63) is 74.8 Å². The van der Waals surface area contributed by atoms with Crippen molar-refractivity contribution >= 4 is 67.5 Å². The molecule has 252 valence electrons. The molecule has 13 heteroatoms. The van der Waals surface area contributed by atoms with Crippen molar-refractivity contribution in [1.82, 2.24) is 14.7 Å². The average Bonchev–Trinajstić information content (AvgIpc) is 3.50. The Labute approximate surface area is 292 Å². The molecule has 0 spiro atoms. The summed E-state index contributed by atoms with van der Waals surface area (Å²) in [6.07, 6.45) is 1.11. The van der Waals surface area contributed by atoms with E-state index < -0.39 is 44.9 Å². The van der Waals surface area contributed by atoms with Crippen molar-refractivity contribution in [1.29, 1.82) is 0 Å². The number of amides is 1. The number of pyridine rings is 2. The zero-order valence-electron chi connectivity index (χ0n) is 27.9. The van der Waals surface area contributed by atoms with Crippen molar-refractivity contribution in [3.63, 3.8) is 0 Å². The molecule has 9 nitrogen and oxygen atoms in total. The minimum atomic E-state index is -1.51. The van der Waals surface area contributed by atoms with Gasteiger partial charge in [0, 0.05) is 26.4 Å². The van der Waals surface area contributed by atoms with E-state index in [0.717, 1.165) is 31.8 Å². The zero-order chi connectivity index (χ0) is 34.5. The molecule has 1 aliphatic heterocycles. The molecule has 47 heavy (non-hydrogen) atoms. The molecule has 4 aromatic rings. The van der Waals surface area contributed by atoms with Crippen molar-refractivity contribution in [3.8, 4) is 11.3 Å². The van der Waals surface area contributed by atoms with Crippen LogP contribution in [0.1, 0.15) is 84.5 Å². The molecule has 4 heterocycles. The highest BCUT2D eigenvalue weighted by atomic mass is 35.5. The van der Waals surface area contributed by atoms with Gasteiger partial charge in [-0.05, 0) is 116 Å². The highest BCUT2D eigenvalue weighted by molar-refractivity contribution is 7.84. The third-order valence-corrected chi connectivity index (χ3v) is 10.6. The van der Waals surface area contributed by atoms with Crippen LogP contribution >= 0.6 is 34.5 Å². The number of hydrogen-bond acceptors (Lipinski definition) is 8. The van der Waals surface area contributed by atoms with Gasteiger partial charge in [-0.3, -0.25) is 10.3 Å². The fraction of sp³-hybridized carbons (Fsp3) is 0.441. The highest BCUT2D eigenvalue weighted by Gasteiger charge is 2.43. The topological polar surface area (TPSA) is 112 Å². The minimum Gasteiger partial charge on any atom is -0.444 e. The Kier molecular flexibility index (Phi) is 9.86. The van der Waals surface area contributed by atoms with Crippen LogP contribution in [0, 0.1) is 0 Å². The van der Waals surface area contributed by atoms with Crippen LogP contribution in [-0.2, 0) is 30.8 Å². The maximum absolute atomic E-state index is 13.5. The van der Waals surface area contributed by atoms with Gasteiger partial charge in [0.2, 0.25) is 0 Å². The van der Waals surface area contributed by atoms with E-state index in [1.807, 2.05) is 71.9 Å². The lowest BCUT2D eigenvalue weighted by molar-refractivity contribution is -0.159. The number of nitrogens with one attached hydrogen (secondary N) is 2. The summed E-state index contributed by atoms with van der Waals surface area (Å²) in [6.45, 7) is 17.2. The normalized spacial score (nSPS) is 19.5. The van der Waals surface area contributed by atoms with Crippen LogP contribution in [0.2, 0.25) is 10.0 Å². The number of aromatic nitrogens is 2. The van der Waals surface area contributed by atoms with E-state index in [4.69, 9.17) is 47.4 Å². The first-order valence-electron chi connectivity index (χ1n) is 15.1. The van der Waals surface area contributed by atoms with Gasteiger partial charge >= 0.3 is 6.09 Å². The summed E-state index contributed by atoms with van der Waals surface area (Å²) in [5.74, 6) is -0.457. The summed E-state index contributed by atoms with van der Waals surface area (Å²) < 4.78 is 34.7. The number of hydrogen-bond donors (Lipinski definition) is 2. The lowest BCUT2D eigenvalue weighted by Crippen LogP contribution is -2.36. The molecule has 1 aromatic carbocycles. The van der Waals surface area contributed by atoms with E-state index in [1.165, 1.54) is 11.3 Å². The van der Waals surface area contributed by atoms with Crippen molar-refractivity contribution in [2.45, 2.75) is 90.1 Å². The second-order valence-electron chi connectivity index (χ2n) is 14.1. The summed E-state index contributed by atoms with van der Waals surface area (Å²) in [6, 6.07) is 12.2. The van der Waals surface area contributed by atoms with Crippen molar-refractivity contribution in [2.24, 2.45) is 0 Å². The number of carbonyl (C=O) groups excluding carboxylic acids is 1. The molecule has 0 saturated carbocycles. The Balaban J connectivity index is 1.60. The second kappa shape index (κ2) is 13.0. The quantitative estimate of drug-likeness (QED) is 0.196. The lowest BCUT2D eigenvalue weighted by Gasteiger charge is -2.25. The molecule has 3 unspecified atom stereocenters. The summed E-state index contributed by atoms with van der Waals surface area (Å²) >= 11 is 14.9. The maximum atomic E-state index is 13.5. The minimum absolute atomic E-state index is 0.243. The van der Waals surface area contributed by atoms with E-state index in [1.54, 1.807) is 39.1 Å². The SMILES string of the molecule is CC(C)(C)OC(=O)Nc1ccc(Cl)c(C(NS(=O)C(C)(C)C)c2cc3cc(Cl)cc(-c4cc(C5(C)COC(C)(C)O5)ccn4)c3s2)n1. The molecule has 1 saturated heterocycles. The molecule has 0 bridgehead atoms. The predicted molar refractivity (Wildman–Crippen MR) is 191 cm³/mol. The Morgan fingerprint density at radius 2 is 1.79 bits per heavy atom. The Morgan fingerprint density at radius 1 is 1.06 bits per heavy atom. The third kappa shape index (κ3) is 8.33. The Morgan fingerprint density at radius 3 is 2.43 bits per heavy atom. The van der Waals surface area contributed by atoms with Gasteiger partial charge in [0.05, 0.1) is 44.8 Å².